The molecule has 14 heavy (non-hydrogen) atoms. The van der Waals surface area contributed by atoms with Crippen LogP contribution in [0.2, 0.25) is 10.2 Å². The highest BCUT2D eigenvalue weighted by Crippen LogP contribution is 2.28. The number of hydroxylamine groups is 2. The molecule has 0 fully saturated rings. The molecule has 0 aromatic carbocycles. The highest BCUT2D eigenvalue weighted by molar-refractivity contribution is 6.42. The maximum atomic E-state index is 11.6. The first-order valence-electron chi connectivity index (χ1n) is 3.84. The Balaban J connectivity index is 3.08. The van der Waals surface area contributed by atoms with Crippen LogP contribution in [0.15, 0.2) is 0 Å². The number of H-pyrrole nitrogens is 1. The van der Waals surface area contributed by atoms with Crippen molar-refractivity contribution in [3.05, 3.63) is 21.4 Å². The van der Waals surface area contributed by atoms with E-state index < -0.39 is 0 Å². The molecule has 78 valence electrons. The van der Waals surface area contributed by atoms with Crippen LogP contribution >= 0.6 is 23.2 Å². The van der Waals surface area contributed by atoms with Crippen LogP contribution in [0.3, 0.4) is 0 Å². The zero-order valence-corrected chi connectivity index (χ0v) is 9.53. The summed E-state index contributed by atoms with van der Waals surface area (Å²) >= 11 is 11.5. The van der Waals surface area contributed by atoms with Crippen molar-refractivity contribution in [2.24, 2.45) is 0 Å². The third kappa shape index (κ3) is 1.87. The van der Waals surface area contributed by atoms with Crippen LogP contribution in [-0.2, 0) is 4.84 Å². The average Bonchev–Trinajstić information content (AvgIpc) is 2.43. The van der Waals surface area contributed by atoms with Gasteiger partial charge in [0.2, 0.25) is 0 Å². The van der Waals surface area contributed by atoms with Crippen LogP contribution in [0.25, 0.3) is 0 Å². The highest BCUT2D eigenvalue weighted by atomic mass is 35.5. The maximum Gasteiger partial charge on any atom is 0.293 e. The van der Waals surface area contributed by atoms with Gasteiger partial charge in [0.25, 0.3) is 5.91 Å². The summed E-state index contributed by atoms with van der Waals surface area (Å²) in [5.41, 5.74) is 0.954. The van der Waals surface area contributed by atoms with Gasteiger partial charge < -0.3 is 4.98 Å². The third-order valence-electron chi connectivity index (χ3n) is 1.91. The van der Waals surface area contributed by atoms with Gasteiger partial charge in [-0.2, -0.15) is 0 Å². The first kappa shape index (κ1) is 11.4. The zero-order chi connectivity index (χ0) is 10.9. The van der Waals surface area contributed by atoms with Gasteiger partial charge in [0.15, 0.2) is 0 Å². The van der Waals surface area contributed by atoms with E-state index in [4.69, 9.17) is 28.0 Å². The second-order valence-electron chi connectivity index (χ2n) is 2.74. The molecule has 0 aliphatic rings. The minimum atomic E-state index is -0.321. The molecule has 0 bridgehead atoms. The monoisotopic (exact) mass is 236 g/mol. The third-order valence-corrected chi connectivity index (χ3v) is 2.76. The van der Waals surface area contributed by atoms with Crippen molar-refractivity contribution in [3.8, 4) is 0 Å². The number of aromatic amines is 1. The fourth-order valence-electron chi connectivity index (χ4n) is 0.987. The fourth-order valence-corrected chi connectivity index (χ4v) is 1.36. The molecule has 1 aromatic heterocycles. The largest absolute Gasteiger partial charge is 0.340 e. The van der Waals surface area contributed by atoms with E-state index in [1.54, 1.807) is 6.92 Å². The molecule has 0 unspecified atom stereocenters. The van der Waals surface area contributed by atoms with E-state index in [0.717, 1.165) is 5.06 Å². The molecular weight excluding hydrogens is 227 g/mol. The van der Waals surface area contributed by atoms with Crippen LogP contribution < -0.4 is 0 Å². The smallest absolute Gasteiger partial charge is 0.293 e. The van der Waals surface area contributed by atoms with E-state index in [2.05, 4.69) is 4.98 Å². The van der Waals surface area contributed by atoms with Gasteiger partial charge in [0, 0.05) is 7.05 Å². The summed E-state index contributed by atoms with van der Waals surface area (Å²) < 4.78 is 0. The molecule has 0 aliphatic carbocycles. The Labute approximate surface area is 91.7 Å². The molecule has 4 nitrogen and oxygen atoms in total. The Kier molecular flexibility index (Phi) is 3.42. The van der Waals surface area contributed by atoms with E-state index in [1.807, 2.05) is 0 Å². The topological polar surface area (TPSA) is 45.3 Å². The Bertz CT molecular complexity index is 362. The molecule has 0 aliphatic heterocycles. The van der Waals surface area contributed by atoms with Gasteiger partial charge in [0.05, 0.1) is 12.1 Å². The lowest BCUT2D eigenvalue weighted by Gasteiger charge is -2.12. The van der Waals surface area contributed by atoms with Gasteiger partial charge >= 0.3 is 0 Å². The quantitative estimate of drug-likeness (QED) is 0.802. The summed E-state index contributed by atoms with van der Waals surface area (Å²) in [6, 6.07) is 0. The fraction of sp³-hybridized carbons (Fsp3) is 0.375. The summed E-state index contributed by atoms with van der Waals surface area (Å²) in [4.78, 5) is 19.1. The zero-order valence-electron chi connectivity index (χ0n) is 8.02. The summed E-state index contributed by atoms with van der Waals surface area (Å²) in [7, 11) is 2.91. The van der Waals surface area contributed by atoms with Crippen molar-refractivity contribution in [1.29, 1.82) is 0 Å². The van der Waals surface area contributed by atoms with Crippen molar-refractivity contribution >= 4 is 29.1 Å². The average molecular weight is 237 g/mol. The number of carbonyl (C=O) groups excluding carboxylic acids is 1. The SMILES string of the molecule is CON(C)C(=O)c1[nH]c(Cl)c(Cl)c1C. The number of hydrogen-bond donors (Lipinski definition) is 1. The van der Waals surface area contributed by atoms with Crippen molar-refractivity contribution in [2.75, 3.05) is 14.2 Å². The summed E-state index contributed by atoms with van der Waals surface area (Å²) in [6.45, 7) is 1.71. The number of nitrogens with zero attached hydrogens (tertiary/aromatic N) is 1. The Morgan fingerprint density at radius 2 is 2.07 bits per heavy atom. The van der Waals surface area contributed by atoms with E-state index in [-0.39, 0.29) is 11.1 Å². The molecule has 6 heteroatoms. The number of rotatable bonds is 2. The first-order valence-corrected chi connectivity index (χ1v) is 4.60. The van der Waals surface area contributed by atoms with Crippen molar-refractivity contribution < 1.29 is 9.63 Å². The summed E-state index contributed by atoms with van der Waals surface area (Å²) in [5.74, 6) is -0.321. The number of nitrogens with one attached hydrogen (secondary N) is 1. The van der Waals surface area contributed by atoms with Crippen molar-refractivity contribution in [2.45, 2.75) is 6.92 Å². The van der Waals surface area contributed by atoms with Crippen LogP contribution in [-0.4, -0.2) is 30.1 Å². The number of hydrogen-bond acceptors (Lipinski definition) is 2. The molecule has 1 heterocycles. The number of amides is 1. The van der Waals surface area contributed by atoms with Gasteiger partial charge in [0.1, 0.15) is 10.8 Å². The predicted octanol–water partition coefficient (Wildman–Crippen LogP) is 2.26. The molecular formula is C8H10Cl2N2O2. The van der Waals surface area contributed by atoms with Crippen molar-refractivity contribution in [1.82, 2.24) is 10.0 Å². The van der Waals surface area contributed by atoms with E-state index in [1.165, 1.54) is 14.2 Å². The number of halogens is 2. The second-order valence-corrected chi connectivity index (χ2v) is 3.49. The molecule has 1 aromatic rings. The van der Waals surface area contributed by atoms with Gasteiger partial charge in [-0.15, -0.1) is 0 Å². The Morgan fingerprint density at radius 1 is 1.50 bits per heavy atom. The molecule has 0 saturated carbocycles. The van der Waals surface area contributed by atoms with Crippen molar-refractivity contribution in [3.63, 3.8) is 0 Å². The van der Waals surface area contributed by atoms with Crippen LogP contribution in [0.4, 0.5) is 0 Å². The minimum absolute atomic E-state index is 0.261. The lowest BCUT2D eigenvalue weighted by Crippen LogP contribution is -2.26. The standard InChI is InChI=1S/C8H10Cl2N2O2/c1-4-5(9)7(10)11-6(4)8(13)12(2)14-3/h11H,1-3H3. The van der Waals surface area contributed by atoms with E-state index >= 15 is 0 Å². The predicted molar refractivity (Wildman–Crippen MR) is 54.7 cm³/mol. The minimum Gasteiger partial charge on any atom is -0.340 e. The van der Waals surface area contributed by atoms with E-state index in [0.29, 0.717) is 16.3 Å². The molecule has 1 amide bonds. The Morgan fingerprint density at radius 3 is 2.43 bits per heavy atom. The maximum absolute atomic E-state index is 11.6. The summed E-state index contributed by atoms with van der Waals surface area (Å²) in [5, 5.41) is 1.71. The molecule has 0 saturated heterocycles. The van der Waals surface area contributed by atoms with Crippen LogP contribution in [0, 0.1) is 6.92 Å². The van der Waals surface area contributed by atoms with Crippen LogP contribution in [0.1, 0.15) is 16.1 Å². The lowest BCUT2D eigenvalue weighted by atomic mass is 10.2. The van der Waals surface area contributed by atoms with Gasteiger partial charge in [-0.3, -0.25) is 9.63 Å². The van der Waals surface area contributed by atoms with Gasteiger partial charge in [-0.05, 0) is 12.5 Å². The number of carbonyl (C=O) groups is 1. The lowest BCUT2D eigenvalue weighted by molar-refractivity contribution is -0.0760. The second kappa shape index (κ2) is 4.21. The van der Waals surface area contributed by atoms with Gasteiger partial charge in [-0.25, -0.2) is 5.06 Å². The van der Waals surface area contributed by atoms with E-state index in [9.17, 15) is 4.79 Å². The molecule has 1 N–H and O–H groups in total. The van der Waals surface area contributed by atoms with Gasteiger partial charge in [-0.1, -0.05) is 23.2 Å². The molecule has 0 spiro atoms. The Hall–Kier alpha value is -0.710. The number of aromatic nitrogens is 1. The molecule has 1 rings (SSSR count). The molecule has 0 radical (unpaired) electrons. The van der Waals surface area contributed by atoms with Crippen LogP contribution in [0.5, 0.6) is 0 Å². The highest BCUT2D eigenvalue weighted by Gasteiger charge is 2.20. The first-order chi connectivity index (χ1) is 6.49. The normalized spacial score (nSPS) is 10.4. The molecule has 0 atom stereocenters. The summed E-state index contributed by atoms with van der Waals surface area (Å²) in [6.07, 6.45) is 0.